The Bertz CT molecular complexity index is 161. The van der Waals surface area contributed by atoms with E-state index in [-0.39, 0.29) is 0 Å². The minimum absolute atomic E-state index is 0.602. The first-order chi connectivity index (χ1) is 5.62. The van der Waals surface area contributed by atoms with Gasteiger partial charge in [-0.2, -0.15) is 0 Å². The van der Waals surface area contributed by atoms with Crippen LogP contribution in [-0.2, 0) is 4.74 Å². The highest BCUT2D eigenvalue weighted by Crippen LogP contribution is 2.23. The zero-order valence-electron chi connectivity index (χ0n) is 7.97. The monoisotopic (exact) mass is 170 g/mol. The molecule has 1 N–H and O–H groups in total. The number of rotatable bonds is 1. The molecule has 1 fully saturated rings. The van der Waals surface area contributed by atoms with Gasteiger partial charge >= 0.3 is 0 Å². The molecule has 2 heteroatoms. The van der Waals surface area contributed by atoms with Crippen molar-refractivity contribution < 1.29 is 9.84 Å². The molecule has 0 saturated carbocycles. The van der Waals surface area contributed by atoms with E-state index in [4.69, 9.17) is 4.74 Å². The van der Waals surface area contributed by atoms with Crippen LogP contribution in [-0.4, -0.2) is 23.9 Å². The Morgan fingerprint density at radius 3 is 2.75 bits per heavy atom. The number of hydrogen-bond acceptors (Lipinski definition) is 2. The van der Waals surface area contributed by atoms with Crippen LogP contribution in [0.15, 0.2) is 11.6 Å². The highest BCUT2D eigenvalue weighted by atomic mass is 16.5. The van der Waals surface area contributed by atoms with Crippen LogP contribution >= 0.6 is 0 Å². The lowest BCUT2D eigenvalue weighted by molar-refractivity contribution is 0.0623. The molecule has 70 valence electrons. The van der Waals surface area contributed by atoms with Gasteiger partial charge in [-0.3, -0.25) is 0 Å². The van der Waals surface area contributed by atoms with Gasteiger partial charge in [0.15, 0.2) is 0 Å². The average Bonchev–Trinajstić information content (AvgIpc) is 2.12. The molecule has 0 aliphatic carbocycles. The summed E-state index contributed by atoms with van der Waals surface area (Å²) in [6, 6.07) is 0. The molecule has 1 unspecified atom stereocenters. The fourth-order valence-corrected chi connectivity index (χ4v) is 1.64. The van der Waals surface area contributed by atoms with Gasteiger partial charge in [-0.25, -0.2) is 0 Å². The van der Waals surface area contributed by atoms with Crippen molar-refractivity contribution in [1.29, 1.82) is 0 Å². The predicted molar refractivity (Wildman–Crippen MR) is 49.1 cm³/mol. The third-order valence-electron chi connectivity index (χ3n) is 2.14. The summed E-state index contributed by atoms with van der Waals surface area (Å²) in [4.78, 5) is 0. The van der Waals surface area contributed by atoms with Crippen molar-refractivity contribution in [3.05, 3.63) is 11.6 Å². The van der Waals surface area contributed by atoms with Crippen molar-refractivity contribution in [2.45, 2.75) is 38.7 Å². The summed E-state index contributed by atoms with van der Waals surface area (Å²) in [7, 11) is 0. The van der Waals surface area contributed by atoms with Crippen LogP contribution < -0.4 is 0 Å². The van der Waals surface area contributed by atoms with Crippen LogP contribution in [0.25, 0.3) is 0 Å². The second kappa shape index (κ2) is 4.06. The number of allylic oxidation sites excluding steroid dienone is 1. The molecule has 1 atom stereocenters. The Morgan fingerprint density at radius 2 is 2.08 bits per heavy atom. The van der Waals surface area contributed by atoms with Gasteiger partial charge in [0.25, 0.3) is 0 Å². The molecule has 0 radical (unpaired) electrons. The Hall–Kier alpha value is -0.340. The Labute approximate surface area is 74.2 Å². The Morgan fingerprint density at radius 1 is 1.33 bits per heavy atom. The van der Waals surface area contributed by atoms with E-state index in [9.17, 15) is 5.11 Å². The summed E-state index contributed by atoms with van der Waals surface area (Å²) in [5.74, 6) is 0. The molecular weight excluding hydrogens is 152 g/mol. The lowest BCUT2D eigenvalue weighted by Crippen LogP contribution is -2.26. The molecule has 1 heterocycles. The van der Waals surface area contributed by atoms with E-state index >= 15 is 0 Å². The highest BCUT2D eigenvalue weighted by Gasteiger charge is 2.25. The van der Waals surface area contributed by atoms with Gasteiger partial charge in [0, 0.05) is 19.6 Å². The van der Waals surface area contributed by atoms with Gasteiger partial charge in [-0.05, 0) is 26.7 Å². The maximum Gasteiger partial charge on any atom is 0.0852 e. The van der Waals surface area contributed by atoms with Gasteiger partial charge in [-0.15, -0.1) is 0 Å². The fraction of sp³-hybridized carbons (Fsp3) is 0.800. The van der Waals surface area contributed by atoms with E-state index in [1.54, 1.807) is 0 Å². The third-order valence-corrected chi connectivity index (χ3v) is 2.14. The quantitative estimate of drug-likeness (QED) is 0.609. The fourth-order valence-electron chi connectivity index (χ4n) is 1.64. The molecule has 1 aliphatic rings. The largest absolute Gasteiger partial charge is 0.386 e. The van der Waals surface area contributed by atoms with E-state index in [1.807, 2.05) is 19.9 Å². The van der Waals surface area contributed by atoms with Gasteiger partial charge in [-0.1, -0.05) is 11.6 Å². The summed E-state index contributed by atoms with van der Waals surface area (Å²) >= 11 is 0. The third kappa shape index (κ3) is 2.95. The zero-order chi connectivity index (χ0) is 9.03. The number of hydrogen-bond donors (Lipinski definition) is 1. The summed E-state index contributed by atoms with van der Waals surface area (Å²) < 4.78 is 5.28. The highest BCUT2D eigenvalue weighted by molar-refractivity contribution is 5.07. The molecule has 0 aromatic rings. The normalized spacial score (nSPS) is 30.9. The molecule has 0 bridgehead atoms. The van der Waals surface area contributed by atoms with Crippen molar-refractivity contribution >= 4 is 0 Å². The molecule has 0 amide bonds. The smallest absolute Gasteiger partial charge is 0.0852 e. The summed E-state index contributed by atoms with van der Waals surface area (Å²) in [6.07, 6.45) is 4.48. The molecule has 2 nitrogen and oxygen atoms in total. The zero-order valence-corrected chi connectivity index (χ0v) is 7.97. The van der Waals surface area contributed by atoms with E-state index in [2.05, 4.69) is 0 Å². The maximum absolute atomic E-state index is 10.1. The molecule has 1 saturated heterocycles. The van der Waals surface area contributed by atoms with E-state index < -0.39 is 5.60 Å². The van der Waals surface area contributed by atoms with Crippen LogP contribution in [0.2, 0.25) is 0 Å². The first-order valence-corrected chi connectivity index (χ1v) is 4.59. The minimum Gasteiger partial charge on any atom is -0.386 e. The summed E-state index contributed by atoms with van der Waals surface area (Å²) in [5.41, 5.74) is 0.578. The van der Waals surface area contributed by atoms with Crippen molar-refractivity contribution in [1.82, 2.24) is 0 Å². The molecule has 1 aliphatic heterocycles. The second-order valence-electron chi connectivity index (χ2n) is 3.79. The SMILES string of the molecule is CC(C)=CC1(O)CCCOCC1. The molecular formula is C10H18O2. The molecule has 0 spiro atoms. The molecule has 0 aromatic heterocycles. The number of aliphatic hydroxyl groups is 1. The van der Waals surface area contributed by atoms with Gasteiger partial charge in [0.1, 0.15) is 0 Å². The van der Waals surface area contributed by atoms with Crippen LogP contribution in [0, 0.1) is 0 Å². The summed E-state index contributed by atoms with van der Waals surface area (Å²) in [5, 5.41) is 10.1. The van der Waals surface area contributed by atoms with Crippen molar-refractivity contribution in [3.8, 4) is 0 Å². The predicted octanol–water partition coefficient (Wildman–Crippen LogP) is 1.88. The van der Waals surface area contributed by atoms with Crippen LogP contribution in [0.4, 0.5) is 0 Å². The van der Waals surface area contributed by atoms with Crippen LogP contribution in [0.1, 0.15) is 33.1 Å². The van der Waals surface area contributed by atoms with Crippen LogP contribution in [0.5, 0.6) is 0 Å². The van der Waals surface area contributed by atoms with Gasteiger partial charge in [0.05, 0.1) is 5.60 Å². The molecule has 12 heavy (non-hydrogen) atoms. The lowest BCUT2D eigenvalue weighted by atomic mass is 9.93. The Kier molecular flexibility index (Phi) is 3.29. The average molecular weight is 170 g/mol. The first-order valence-electron chi connectivity index (χ1n) is 4.59. The standard InChI is InChI=1S/C10H18O2/c1-9(2)8-10(11)4-3-6-12-7-5-10/h8,11H,3-7H2,1-2H3. The number of ether oxygens (including phenoxy) is 1. The second-order valence-corrected chi connectivity index (χ2v) is 3.79. The van der Waals surface area contributed by atoms with E-state index in [0.29, 0.717) is 6.61 Å². The Balaban J connectivity index is 2.60. The maximum atomic E-state index is 10.1. The molecule has 1 rings (SSSR count). The van der Waals surface area contributed by atoms with Gasteiger partial charge in [0.2, 0.25) is 0 Å². The minimum atomic E-state index is -0.602. The molecule has 0 aromatic carbocycles. The van der Waals surface area contributed by atoms with E-state index in [0.717, 1.165) is 25.9 Å². The van der Waals surface area contributed by atoms with E-state index in [1.165, 1.54) is 5.57 Å². The van der Waals surface area contributed by atoms with Crippen LogP contribution in [0.3, 0.4) is 0 Å². The van der Waals surface area contributed by atoms with Crippen molar-refractivity contribution in [2.24, 2.45) is 0 Å². The van der Waals surface area contributed by atoms with Crippen molar-refractivity contribution in [2.75, 3.05) is 13.2 Å². The first kappa shape index (κ1) is 9.75. The van der Waals surface area contributed by atoms with Crippen molar-refractivity contribution in [3.63, 3.8) is 0 Å². The topological polar surface area (TPSA) is 29.5 Å². The van der Waals surface area contributed by atoms with Gasteiger partial charge < -0.3 is 9.84 Å². The summed E-state index contributed by atoms with van der Waals surface area (Å²) in [6.45, 7) is 5.51. The lowest BCUT2D eigenvalue weighted by Gasteiger charge is -2.22.